The van der Waals surface area contributed by atoms with E-state index in [0.29, 0.717) is 13.2 Å². The minimum atomic E-state index is -0.851. The van der Waals surface area contributed by atoms with Crippen molar-refractivity contribution in [3.63, 3.8) is 0 Å². The van der Waals surface area contributed by atoms with E-state index in [-0.39, 0.29) is 12.0 Å². The first-order valence-electron chi connectivity index (χ1n) is 7.66. The molecule has 0 heterocycles. The van der Waals surface area contributed by atoms with E-state index in [4.69, 9.17) is 9.47 Å². The second-order valence-corrected chi connectivity index (χ2v) is 5.26. The molecule has 1 N–H and O–H groups in total. The summed E-state index contributed by atoms with van der Waals surface area (Å²) in [6.45, 7) is 10.8. The Hall–Kier alpha value is -1.55. The van der Waals surface area contributed by atoms with Crippen molar-refractivity contribution in [1.82, 2.24) is 5.32 Å². The van der Waals surface area contributed by atoms with E-state index in [1.165, 1.54) is 0 Å². The second kappa shape index (κ2) is 8.03. The van der Waals surface area contributed by atoms with Crippen LogP contribution in [0.1, 0.15) is 46.6 Å². The number of benzene rings is 1. The number of esters is 1. The molecule has 4 nitrogen and oxygen atoms in total. The highest BCUT2D eigenvalue weighted by molar-refractivity contribution is 5.82. The minimum absolute atomic E-state index is 0.214. The van der Waals surface area contributed by atoms with Gasteiger partial charge in [-0.2, -0.15) is 0 Å². The van der Waals surface area contributed by atoms with Gasteiger partial charge < -0.3 is 9.47 Å². The molecule has 2 unspecified atom stereocenters. The summed E-state index contributed by atoms with van der Waals surface area (Å²) in [7, 11) is 0. The minimum Gasteiger partial charge on any atom is -0.494 e. The van der Waals surface area contributed by atoms with Gasteiger partial charge in [0.2, 0.25) is 0 Å². The molecular weight excluding hydrogens is 266 g/mol. The average Bonchev–Trinajstić information content (AvgIpc) is 2.48. The van der Waals surface area contributed by atoms with Crippen LogP contribution in [0.3, 0.4) is 0 Å². The number of ether oxygens (including phenoxy) is 2. The maximum Gasteiger partial charge on any atom is 0.330 e. The molecule has 1 rings (SSSR count). The number of carbonyl (C=O) groups excluding carboxylic acids is 1. The lowest BCUT2D eigenvalue weighted by Crippen LogP contribution is -2.51. The van der Waals surface area contributed by atoms with Gasteiger partial charge >= 0.3 is 5.97 Å². The largest absolute Gasteiger partial charge is 0.494 e. The van der Waals surface area contributed by atoms with Gasteiger partial charge in [0, 0.05) is 6.04 Å². The topological polar surface area (TPSA) is 47.6 Å². The summed E-state index contributed by atoms with van der Waals surface area (Å²) >= 11 is 0. The maximum atomic E-state index is 12.4. The van der Waals surface area contributed by atoms with Gasteiger partial charge in [-0.15, -0.1) is 0 Å². The molecule has 0 aliphatic carbocycles. The predicted octanol–water partition coefficient (Wildman–Crippen LogP) is 3.25. The van der Waals surface area contributed by atoms with Gasteiger partial charge in [-0.3, -0.25) is 5.32 Å². The number of hydrogen-bond donors (Lipinski definition) is 1. The van der Waals surface area contributed by atoms with Crippen LogP contribution in [-0.4, -0.2) is 25.2 Å². The normalized spacial score (nSPS) is 15.1. The number of rotatable bonds is 8. The third kappa shape index (κ3) is 4.46. The van der Waals surface area contributed by atoms with Crippen molar-refractivity contribution in [3.8, 4) is 5.75 Å². The highest BCUT2D eigenvalue weighted by Gasteiger charge is 2.37. The van der Waals surface area contributed by atoms with Crippen molar-refractivity contribution in [2.45, 2.75) is 52.6 Å². The third-order valence-electron chi connectivity index (χ3n) is 3.57. The van der Waals surface area contributed by atoms with Gasteiger partial charge in [0.25, 0.3) is 0 Å². The molecule has 0 spiro atoms. The fraction of sp³-hybridized carbons (Fsp3) is 0.588. The van der Waals surface area contributed by atoms with Gasteiger partial charge in [-0.25, -0.2) is 4.79 Å². The molecule has 118 valence electrons. The molecule has 1 aromatic rings. The summed E-state index contributed by atoms with van der Waals surface area (Å²) in [5.74, 6) is 0.547. The Morgan fingerprint density at radius 1 is 1.19 bits per heavy atom. The average molecular weight is 293 g/mol. The Morgan fingerprint density at radius 3 is 2.29 bits per heavy atom. The Labute approximate surface area is 127 Å². The van der Waals surface area contributed by atoms with Crippen LogP contribution < -0.4 is 10.1 Å². The first-order valence-corrected chi connectivity index (χ1v) is 7.66. The highest BCUT2D eigenvalue weighted by Crippen LogP contribution is 2.26. The Balaban J connectivity index is 3.07. The first kappa shape index (κ1) is 17.5. The summed E-state index contributed by atoms with van der Waals surface area (Å²) in [6, 6.07) is 7.81. The van der Waals surface area contributed by atoms with Crippen molar-refractivity contribution in [1.29, 1.82) is 0 Å². The molecule has 2 atom stereocenters. The smallest absolute Gasteiger partial charge is 0.330 e. The number of hydrogen-bond acceptors (Lipinski definition) is 4. The molecule has 1 aromatic carbocycles. The molecule has 0 bridgehead atoms. The predicted molar refractivity (Wildman–Crippen MR) is 84.5 cm³/mol. The fourth-order valence-corrected chi connectivity index (χ4v) is 2.18. The maximum absolute atomic E-state index is 12.4. The van der Waals surface area contributed by atoms with E-state index in [1.54, 1.807) is 0 Å². The van der Waals surface area contributed by atoms with Crippen LogP contribution in [0.5, 0.6) is 5.75 Å². The molecule has 0 aromatic heterocycles. The summed E-state index contributed by atoms with van der Waals surface area (Å²) in [6.07, 6.45) is 0.937. The van der Waals surface area contributed by atoms with Crippen LogP contribution in [-0.2, 0) is 15.1 Å². The van der Waals surface area contributed by atoms with Crippen molar-refractivity contribution in [2.75, 3.05) is 13.2 Å². The standard InChI is InChI=1S/C17H27NO3/c1-6-13(4)18-17(5,16(19)21-8-3)14-9-11-15(12-10-14)20-7-2/h9-13,18H,6-8H2,1-5H3. The molecule has 0 fully saturated rings. The van der Waals surface area contributed by atoms with E-state index in [2.05, 4.69) is 19.2 Å². The van der Waals surface area contributed by atoms with Gasteiger partial charge in [0.1, 0.15) is 11.3 Å². The molecule has 4 heteroatoms. The molecule has 0 amide bonds. The first-order chi connectivity index (χ1) is 9.97. The van der Waals surface area contributed by atoms with Crippen molar-refractivity contribution in [3.05, 3.63) is 29.8 Å². The van der Waals surface area contributed by atoms with Crippen molar-refractivity contribution >= 4 is 5.97 Å². The van der Waals surface area contributed by atoms with Crippen LogP contribution in [0.2, 0.25) is 0 Å². The van der Waals surface area contributed by atoms with Crippen LogP contribution in [0.15, 0.2) is 24.3 Å². The van der Waals surface area contributed by atoms with Crippen LogP contribution in [0.25, 0.3) is 0 Å². The summed E-state index contributed by atoms with van der Waals surface area (Å²) in [5.41, 5.74) is 0.0283. The lowest BCUT2D eigenvalue weighted by molar-refractivity contribution is -0.151. The Kier molecular flexibility index (Phi) is 6.69. The zero-order valence-corrected chi connectivity index (χ0v) is 13.7. The van der Waals surface area contributed by atoms with Crippen molar-refractivity contribution < 1.29 is 14.3 Å². The van der Waals surface area contributed by atoms with E-state index in [0.717, 1.165) is 17.7 Å². The zero-order chi connectivity index (χ0) is 15.9. The van der Waals surface area contributed by atoms with E-state index in [1.807, 2.05) is 45.0 Å². The van der Waals surface area contributed by atoms with Gasteiger partial charge in [-0.05, 0) is 51.8 Å². The third-order valence-corrected chi connectivity index (χ3v) is 3.57. The lowest BCUT2D eigenvalue weighted by Gasteiger charge is -2.32. The Bertz CT molecular complexity index is 444. The highest BCUT2D eigenvalue weighted by atomic mass is 16.5. The molecule has 21 heavy (non-hydrogen) atoms. The molecule has 0 saturated carbocycles. The summed E-state index contributed by atoms with van der Waals surface area (Å²) in [4.78, 5) is 12.4. The zero-order valence-electron chi connectivity index (χ0n) is 13.7. The van der Waals surface area contributed by atoms with Gasteiger partial charge in [-0.1, -0.05) is 19.1 Å². The summed E-state index contributed by atoms with van der Waals surface area (Å²) in [5, 5.41) is 3.38. The van der Waals surface area contributed by atoms with Crippen LogP contribution in [0, 0.1) is 0 Å². The van der Waals surface area contributed by atoms with Gasteiger partial charge in [0.15, 0.2) is 0 Å². The van der Waals surface area contributed by atoms with E-state index in [9.17, 15) is 4.79 Å². The monoisotopic (exact) mass is 293 g/mol. The van der Waals surface area contributed by atoms with Gasteiger partial charge in [0.05, 0.1) is 13.2 Å². The molecule has 0 aliphatic rings. The summed E-state index contributed by atoms with van der Waals surface area (Å²) < 4.78 is 10.7. The second-order valence-electron chi connectivity index (χ2n) is 5.26. The number of nitrogens with one attached hydrogen (secondary N) is 1. The van der Waals surface area contributed by atoms with Crippen LogP contribution >= 0.6 is 0 Å². The number of carbonyl (C=O) groups is 1. The fourth-order valence-electron chi connectivity index (χ4n) is 2.18. The van der Waals surface area contributed by atoms with E-state index >= 15 is 0 Å². The quantitative estimate of drug-likeness (QED) is 0.747. The Morgan fingerprint density at radius 2 is 1.81 bits per heavy atom. The van der Waals surface area contributed by atoms with Crippen LogP contribution in [0.4, 0.5) is 0 Å². The van der Waals surface area contributed by atoms with E-state index < -0.39 is 5.54 Å². The molecule has 0 saturated heterocycles. The molecule has 0 radical (unpaired) electrons. The molecular formula is C17H27NO3. The lowest BCUT2D eigenvalue weighted by atomic mass is 9.90. The van der Waals surface area contributed by atoms with Crippen molar-refractivity contribution in [2.24, 2.45) is 0 Å². The molecule has 0 aliphatic heterocycles. The SMILES string of the molecule is CCOC(=O)C(C)(NC(C)CC)c1ccc(OCC)cc1.